The van der Waals surface area contributed by atoms with E-state index in [1.807, 2.05) is 27.9 Å². The molecule has 0 aliphatic carbocycles. The van der Waals surface area contributed by atoms with Gasteiger partial charge in [-0.1, -0.05) is 13.8 Å². The van der Waals surface area contributed by atoms with Crippen LogP contribution in [0.4, 0.5) is 9.59 Å². The lowest BCUT2D eigenvalue weighted by Crippen LogP contribution is -2.23. The Labute approximate surface area is 201 Å². The molecule has 181 valence electrons. The van der Waals surface area contributed by atoms with Crippen molar-refractivity contribution in [1.82, 2.24) is 29.2 Å². The Morgan fingerprint density at radius 3 is 2.66 bits per heavy atom. The Morgan fingerprint density at radius 2 is 2.00 bits per heavy atom. The number of aromatic nitrogens is 5. The lowest BCUT2D eigenvalue weighted by atomic mass is 9.99. The van der Waals surface area contributed by atoms with Gasteiger partial charge in [0.05, 0.1) is 11.2 Å². The second-order valence-corrected chi connectivity index (χ2v) is 8.65. The normalized spacial score (nSPS) is 11.5. The van der Waals surface area contributed by atoms with Crippen molar-refractivity contribution in [3.63, 3.8) is 0 Å². The minimum absolute atomic E-state index is 0.125. The number of carbonyl (C=O) groups is 2. The molecule has 3 N–H and O–H groups in total. The zero-order chi connectivity index (χ0) is 25.3. The summed E-state index contributed by atoms with van der Waals surface area (Å²) in [7, 11) is 3.98. The topological polar surface area (TPSA) is 141 Å². The lowest BCUT2D eigenvalue weighted by Gasteiger charge is -2.10. The molecule has 3 aromatic heterocycles. The first-order chi connectivity index (χ1) is 16.7. The SMILES string of the molecule is CC(C)c1c(-c2cn(C(=O)O)c3ccc(Oc4cc(CCN(C)C)ncn4)cc23)[c]nn1C(N)=O. The molecule has 0 unspecified atom stereocenters. The van der Waals surface area contributed by atoms with Gasteiger partial charge in [-0.25, -0.2) is 19.6 Å². The highest BCUT2D eigenvalue weighted by molar-refractivity contribution is 6.01. The Balaban J connectivity index is 1.79. The average molecular weight is 477 g/mol. The zero-order valence-corrected chi connectivity index (χ0v) is 19.9. The number of nitrogens with zero attached hydrogens (tertiary/aromatic N) is 6. The third-order valence-electron chi connectivity index (χ3n) is 5.49. The molecule has 35 heavy (non-hydrogen) atoms. The van der Waals surface area contributed by atoms with Crippen molar-refractivity contribution in [2.45, 2.75) is 26.2 Å². The number of primary amides is 1. The van der Waals surface area contributed by atoms with Gasteiger partial charge < -0.3 is 20.5 Å². The van der Waals surface area contributed by atoms with E-state index in [0.717, 1.165) is 27.9 Å². The summed E-state index contributed by atoms with van der Waals surface area (Å²) in [6, 6.07) is 6.09. The Kier molecular flexibility index (Phi) is 6.52. The molecule has 1 radical (unpaired) electrons. The fourth-order valence-corrected chi connectivity index (χ4v) is 3.88. The van der Waals surface area contributed by atoms with E-state index in [2.05, 4.69) is 26.2 Å². The van der Waals surface area contributed by atoms with Gasteiger partial charge in [-0.3, -0.25) is 4.57 Å². The molecule has 0 bridgehead atoms. The van der Waals surface area contributed by atoms with Gasteiger partial charge in [0, 0.05) is 47.4 Å². The highest BCUT2D eigenvalue weighted by Crippen LogP contribution is 2.37. The van der Waals surface area contributed by atoms with E-state index >= 15 is 0 Å². The van der Waals surface area contributed by atoms with Crippen molar-refractivity contribution in [2.24, 2.45) is 5.73 Å². The second kappa shape index (κ2) is 9.55. The van der Waals surface area contributed by atoms with Crippen LogP contribution in [0.15, 0.2) is 36.8 Å². The highest BCUT2D eigenvalue weighted by Gasteiger charge is 2.23. The molecule has 4 rings (SSSR count). The number of ether oxygens (including phenoxy) is 1. The number of carboxylic acid groups (broad SMARTS) is 1. The number of rotatable bonds is 7. The Morgan fingerprint density at radius 1 is 1.23 bits per heavy atom. The van der Waals surface area contributed by atoms with Crippen molar-refractivity contribution in [2.75, 3.05) is 20.6 Å². The number of benzene rings is 1. The van der Waals surface area contributed by atoms with Gasteiger partial charge in [0.1, 0.15) is 18.3 Å². The van der Waals surface area contributed by atoms with E-state index in [0.29, 0.717) is 39.4 Å². The zero-order valence-electron chi connectivity index (χ0n) is 19.9. The van der Waals surface area contributed by atoms with Crippen molar-refractivity contribution in [1.29, 1.82) is 0 Å². The fraction of sp³-hybridized carbons (Fsp3) is 0.292. The molecule has 4 aromatic rings. The summed E-state index contributed by atoms with van der Waals surface area (Å²) in [5, 5.41) is 14.4. The Bertz CT molecular complexity index is 1400. The lowest BCUT2D eigenvalue weighted by molar-refractivity contribution is 0.197. The smallest absolute Gasteiger partial charge is 0.416 e. The maximum Gasteiger partial charge on any atom is 0.416 e. The summed E-state index contributed by atoms with van der Waals surface area (Å²) >= 11 is 0. The van der Waals surface area contributed by atoms with Gasteiger partial charge in [0.2, 0.25) is 5.88 Å². The molecule has 0 spiro atoms. The summed E-state index contributed by atoms with van der Waals surface area (Å²) in [5.41, 5.74) is 8.34. The van der Waals surface area contributed by atoms with Crippen LogP contribution >= 0.6 is 0 Å². The largest absolute Gasteiger partial charge is 0.464 e. The number of likely N-dealkylation sites (N-methyl/N-ethyl adjacent to an activating group) is 1. The standard InChI is InChI=1S/C24H26N7O4/c1-14(2)22-18(11-28-31(22)23(25)32)19-12-30(24(33)34)20-6-5-16(10-17(19)20)35-21-9-15(26-13-27-21)7-8-29(3)4/h5-6,9-10,12-14H,7-8H2,1-4H3,(H2,25,32)(H,33,34). The molecule has 0 saturated carbocycles. The molecule has 11 nitrogen and oxygen atoms in total. The molecule has 0 saturated heterocycles. The quantitative estimate of drug-likeness (QED) is 0.412. The molecule has 3 heterocycles. The minimum Gasteiger partial charge on any atom is -0.464 e. The highest BCUT2D eigenvalue weighted by atomic mass is 16.5. The summed E-state index contributed by atoms with van der Waals surface area (Å²) in [4.78, 5) is 34.4. The van der Waals surface area contributed by atoms with Crippen molar-refractivity contribution < 1.29 is 19.4 Å². The van der Waals surface area contributed by atoms with Crippen LogP contribution < -0.4 is 10.5 Å². The second-order valence-electron chi connectivity index (χ2n) is 8.65. The summed E-state index contributed by atoms with van der Waals surface area (Å²) in [6.45, 7) is 4.62. The van der Waals surface area contributed by atoms with Crippen LogP contribution in [0.25, 0.3) is 22.0 Å². The van der Waals surface area contributed by atoms with Crippen molar-refractivity contribution >= 4 is 23.0 Å². The predicted molar refractivity (Wildman–Crippen MR) is 129 cm³/mol. The first kappa shape index (κ1) is 23.9. The molecule has 1 aromatic carbocycles. The predicted octanol–water partition coefficient (Wildman–Crippen LogP) is 3.57. The van der Waals surface area contributed by atoms with Crippen LogP contribution in [0.5, 0.6) is 11.6 Å². The van der Waals surface area contributed by atoms with E-state index in [1.165, 1.54) is 12.5 Å². The van der Waals surface area contributed by atoms with Crippen LogP contribution in [0.2, 0.25) is 0 Å². The van der Waals surface area contributed by atoms with Crippen LogP contribution in [0.3, 0.4) is 0 Å². The van der Waals surface area contributed by atoms with E-state index in [9.17, 15) is 14.7 Å². The molecule has 0 fully saturated rings. The van der Waals surface area contributed by atoms with Crippen LogP contribution in [-0.2, 0) is 6.42 Å². The van der Waals surface area contributed by atoms with Gasteiger partial charge in [-0.15, -0.1) is 0 Å². The number of fused-ring (bicyclic) bond motifs is 1. The van der Waals surface area contributed by atoms with E-state index in [1.54, 1.807) is 24.3 Å². The number of carbonyl (C=O) groups excluding carboxylic acids is 1. The monoisotopic (exact) mass is 476 g/mol. The minimum atomic E-state index is -1.15. The van der Waals surface area contributed by atoms with E-state index < -0.39 is 12.1 Å². The van der Waals surface area contributed by atoms with Crippen LogP contribution in [0, 0.1) is 6.20 Å². The van der Waals surface area contributed by atoms with E-state index in [4.69, 9.17) is 10.5 Å². The Hall–Kier alpha value is -4.25. The first-order valence-electron chi connectivity index (χ1n) is 11.0. The van der Waals surface area contributed by atoms with Gasteiger partial charge in [0.15, 0.2) is 0 Å². The van der Waals surface area contributed by atoms with Crippen molar-refractivity contribution in [3.8, 4) is 22.8 Å². The van der Waals surface area contributed by atoms with Gasteiger partial charge in [-0.05, 0) is 38.2 Å². The van der Waals surface area contributed by atoms with Gasteiger partial charge in [-0.2, -0.15) is 9.78 Å². The third-order valence-corrected chi connectivity index (χ3v) is 5.49. The van der Waals surface area contributed by atoms with E-state index in [-0.39, 0.29) is 5.92 Å². The summed E-state index contributed by atoms with van der Waals surface area (Å²) in [6.07, 6.45) is 5.36. The molecule has 0 aliphatic rings. The third kappa shape index (κ3) is 4.85. The number of nitrogens with two attached hydrogens (primary N) is 1. The summed E-state index contributed by atoms with van der Waals surface area (Å²) in [5.74, 6) is 0.719. The molecule has 11 heteroatoms. The molecular formula is C24H26N7O4. The summed E-state index contributed by atoms with van der Waals surface area (Å²) < 4.78 is 8.18. The van der Waals surface area contributed by atoms with Crippen LogP contribution in [0.1, 0.15) is 31.2 Å². The number of hydrogen-bond acceptors (Lipinski definition) is 7. The maximum absolute atomic E-state index is 11.9. The molecule has 1 amide bonds. The van der Waals surface area contributed by atoms with Gasteiger partial charge in [0.25, 0.3) is 0 Å². The fourth-order valence-electron chi connectivity index (χ4n) is 3.88. The molecular weight excluding hydrogens is 450 g/mol. The average Bonchev–Trinajstić information content (AvgIpc) is 3.40. The van der Waals surface area contributed by atoms with Gasteiger partial charge >= 0.3 is 12.1 Å². The number of hydrogen-bond donors (Lipinski definition) is 2. The van der Waals surface area contributed by atoms with Crippen LogP contribution in [-0.4, -0.2) is 67.1 Å². The molecule has 0 aliphatic heterocycles. The first-order valence-corrected chi connectivity index (χ1v) is 11.0. The van der Waals surface area contributed by atoms with Crippen molar-refractivity contribution in [3.05, 3.63) is 54.4 Å². The number of amides is 1. The molecule has 0 atom stereocenters. The maximum atomic E-state index is 11.9.